The van der Waals surface area contributed by atoms with Crippen LogP contribution < -0.4 is 5.32 Å². The predicted octanol–water partition coefficient (Wildman–Crippen LogP) is 3.65. The van der Waals surface area contributed by atoms with Gasteiger partial charge >= 0.3 is 0 Å². The van der Waals surface area contributed by atoms with E-state index in [0.29, 0.717) is 12.2 Å². The Balaban J connectivity index is 2.08. The van der Waals surface area contributed by atoms with Crippen molar-refractivity contribution in [1.82, 2.24) is 0 Å². The van der Waals surface area contributed by atoms with Gasteiger partial charge in [0, 0.05) is 0 Å². The molecule has 0 bridgehead atoms. The largest absolute Gasteiger partial charge is 0.467 e. The summed E-state index contributed by atoms with van der Waals surface area (Å²) in [5.41, 5.74) is 2.48. The highest BCUT2D eigenvalue weighted by Crippen LogP contribution is 2.17. The third kappa shape index (κ3) is 2.24. The third-order valence-electron chi connectivity index (χ3n) is 2.53. The van der Waals surface area contributed by atoms with Crippen LogP contribution in [-0.4, -0.2) is 0 Å². The molecule has 0 spiro atoms. The normalized spacial score (nSPS) is 10.4. The van der Waals surface area contributed by atoms with Gasteiger partial charge in [-0.15, -0.1) is 0 Å². The van der Waals surface area contributed by atoms with Crippen LogP contribution in [0.5, 0.6) is 0 Å². The molecule has 0 aliphatic rings. The van der Waals surface area contributed by atoms with Gasteiger partial charge in [0.1, 0.15) is 11.6 Å². The molecule has 1 aromatic carbocycles. The lowest BCUT2D eigenvalue weighted by Gasteiger charge is -2.07. The van der Waals surface area contributed by atoms with Gasteiger partial charge in [-0.2, -0.15) is 0 Å². The number of rotatable bonds is 3. The number of anilines is 1. The number of halogens is 1. The SMILES string of the molecule is Cc1ccc(NCc2occc2C)c(F)c1. The Labute approximate surface area is 94.1 Å². The first-order valence-corrected chi connectivity index (χ1v) is 5.20. The standard InChI is InChI=1S/C13H14FNO/c1-9-3-4-12(11(14)7-9)15-8-13-10(2)5-6-16-13/h3-7,15H,8H2,1-2H3. The minimum Gasteiger partial charge on any atom is -0.467 e. The van der Waals surface area contributed by atoms with Crippen LogP contribution in [-0.2, 0) is 6.54 Å². The summed E-state index contributed by atoms with van der Waals surface area (Å²) in [6.07, 6.45) is 1.64. The molecule has 0 aliphatic carbocycles. The van der Waals surface area contributed by atoms with Crippen molar-refractivity contribution in [1.29, 1.82) is 0 Å². The Morgan fingerprint density at radius 2 is 2.06 bits per heavy atom. The van der Waals surface area contributed by atoms with E-state index in [4.69, 9.17) is 4.42 Å². The zero-order valence-electron chi connectivity index (χ0n) is 9.38. The minimum atomic E-state index is -0.232. The average molecular weight is 219 g/mol. The summed E-state index contributed by atoms with van der Waals surface area (Å²) in [6.45, 7) is 4.33. The number of hydrogen-bond acceptors (Lipinski definition) is 2. The number of aryl methyl sites for hydroxylation is 2. The van der Waals surface area contributed by atoms with Gasteiger partial charge in [0.05, 0.1) is 18.5 Å². The second kappa shape index (κ2) is 4.39. The molecule has 0 atom stereocenters. The molecular weight excluding hydrogens is 205 g/mol. The highest BCUT2D eigenvalue weighted by molar-refractivity contribution is 5.46. The fraction of sp³-hybridized carbons (Fsp3) is 0.231. The quantitative estimate of drug-likeness (QED) is 0.852. The molecule has 84 valence electrons. The molecule has 0 fully saturated rings. The maximum atomic E-state index is 13.5. The summed E-state index contributed by atoms with van der Waals surface area (Å²) < 4.78 is 18.8. The van der Waals surface area contributed by atoms with Crippen molar-refractivity contribution in [3.8, 4) is 0 Å². The van der Waals surface area contributed by atoms with Gasteiger partial charge in [-0.25, -0.2) is 4.39 Å². The zero-order valence-corrected chi connectivity index (χ0v) is 9.38. The lowest BCUT2D eigenvalue weighted by atomic mass is 10.2. The smallest absolute Gasteiger partial charge is 0.146 e. The molecule has 2 nitrogen and oxygen atoms in total. The summed E-state index contributed by atoms with van der Waals surface area (Å²) in [5.74, 6) is 0.601. The Hall–Kier alpha value is -1.77. The van der Waals surface area contributed by atoms with Gasteiger partial charge in [-0.3, -0.25) is 0 Å². The lowest BCUT2D eigenvalue weighted by molar-refractivity contribution is 0.514. The van der Waals surface area contributed by atoms with Crippen LogP contribution in [0.3, 0.4) is 0 Å². The molecular formula is C13H14FNO. The van der Waals surface area contributed by atoms with Crippen molar-refractivity contribution in [2.45, 2.75) is 20.4 Å². The second-order valence-corrected chi connectivity index (χ2v) is 3.86. The lowest BCUT2D eigenvalue weighted by Crippen LogP contribution is -2.01. The zero-order chi connectivity index (χ0) is 11.5. The monoisotopic (exact) mass is 219 g/mol. The van der Waals surface area contributed by atoms with Crippen molar-refractivity contribution in [2.24, 2.45) is 0 Å². The molecule has 0 radical (unpaired) electrons. The summed E-state index contributed by atoms with van der Waals surface area (Å²) >= 11 is 0. The van der Waals surface area contributed by atoms with Crippen LogP contribution in [0.25, 0.3) is 0 Å². The molecule has 0 saturated carbocycles. The fourth-order valence-corrected chi connectivity index (χ4v) is 1.52. The number of benzene rings is 1. The molecule has 1 aromatic heterocycles. The van der Waals surface area contributed by atoms with E-state index in [0.717, 1.165) is 16.9 Å². The van der Waals surface area contributed by atoms with Gasteiger partial charge < -0.3 is 9.73 Å². The molecule has 0 unspecified atom stereocenters. The van der Waals surface area contributed by atoms with E-state index in [1.54, 1.807) is 12.3 Å². The van der Waals surface area contributed by atoms with E-state index >= 15 is 0 Å². The van der Waals surface area contributed by atoms with Crippen LogP contribution in [0, 0.1) is 19.7 Å². The van der Waals surface area contributed by atoms with E-state index in [9.17, 15) is 4.39 Å². The van der Waals surface area contributed by atoms with Gasteiger partial charge in [-0.1, -0.05) is 6.07 Å². The van der Waals surface area contributed by atoms with Crippen molar-refractivity contribution in [3.63, 3.8) is 0 Å². The molecule has 3 heteroatoms. The van der Waals surface area contributed by atoms with Gasteiger partial charge in [-0.05, 0) is 43.2 Å². The van der Waals surface area contributed by atoms with E-state index in [1.807, 2.05) is 26.0 Å². The number of furan rings is 1. The van der Waals surface area contributed by atoms with Crippen LogP contribution in [0.2, 0.25) is 0 Å². The summed E-state index contributed by atoms with van der Waals surface area (Å²) in [7, 11) is 0. The maximum absolute atomic E-state index is 13.5. The molecule has 1 heterocycles. The van der Waals surface area contributed by atoms with E-state index in [-0.39, 0.29) is 5.82 Å². The van der Waals surface area contributed by atoms with Gasteiger partial charge in [0.2, 0.25) is 0 Å². The van der Waals surface area contributed by atoms with Gasteiger partial charge in [0.25, 0.3) is 0 Å². The van der Waals surface area contributed by atoms with Gasteiger partial charge in [0.15, 0.2) is 0 Å². The Bertz CT molecular complexity index is 490. The fourth-order valence-electron chi connectivity index (χ4n) is 1.52. The Morgan fingerprint density at radius 3 is 2.69 bits per heavy atom. The molecule has 0 saturated heterocycles. The second-order valence-electron chi connectivity index (χ2n) is 3.86. The van der Waals surface area contributed by atoms with E-state index in [1.165, 1.54) is 6.07 Å². The molecule has 1 N–H and O–H groups in total. The molecule has 2 aromatic rings. The van der Waals surface area contributed by atoms with Crippen LogP contribution in [0.4, 0.5) is 10.1 Å². The van der Waals surface area contributed by atoms with Crippen LogP contribution in [0.1, 0.15) is 16.9 Å². The van der Waals surface area contributed by atoms with Crippen molar-refractivity contribution < 1.29 is 8.81 Å². The van der Waals surface area contributed by atoms with Crippen LogP contribution in [0.15, 0.2) is 34.9 Å². The Morgan fingerprint density at radius 1 is 1.25 bits per heavy atom. The van der Waals surface area contributed by atoms with Crippen molar-refractivity contribution in [3.05, 3.63) is 53.2 Å². The number of hydrogen-bond donors (Lipinski definition) is 1. The topological polar surface area (TPSA) is 25.2 Å². The van der Waals surface area contributed by atoms with Crippen molar-refractivity contribution >= 4 is 5.69 Å². The average Bonchev–Trinajstić information content (AvgIpc) is 2.63. The summed E-state index contributed by atoms with van der Waals surface area (Å²) in [6, 6.07) is 7.02. The molecule has 16 heavy (non-hydrogen) atoms. The third-order valence-corrected chi connectivity index (χ3v) is 2.53. The summed E-state index contributed by atoms with van der Waals surface area (Å²) in [4.78, 5) is 0. The highest BCUT2D eigenvalue weighted by atomic mass is 19.1. The summed E-state index contributed by atoms with van der Waals surface area (Å²) in [5, 5.41) is 3.01. The van der Waals surface area contributed by atoms with Crippen LogP contribution >= 0.6 is 0 Å². The highest BCUT2D eigenvalue weighted by Gasteiger charge is 2.04. The first-order chi connectivity index (χ1) is 7.66. The van der Waals surface area contributed by atoms with Crippen molar-refractivity contribution in [2.75, 3.05) is 5.32 Å². The molecule has 2 rings (SSSR count). The first kappa shape index (κ1) is 10.7. The predicted molar refractivity (Wildman–Crippen MR) is 61.9 cm³/mol. The Kier molecular flexibility index (Phi) is 2.95. The maximum Gasteiger partial charge on any atom is 0.146 e. The van der Waals surface area contributed by atoms with E-state index in [2.05, 4.69) is 5.32 Å². The minimum absolute atomic E-state index is 0.232. The van der Waals surface area contributed by atoms with E-state index < -0.39 is 0 Å². The molecule has 0 amide bonds. The molecule has 0 aliphatic heterocycles. The first-order valence-electron chi connectivity index (χ1n) is 5.20. The number of nitrogens with one attached hydrogen (secondary N) is 1.